The van der Waals surface area contributed by atoms with E-state index < -0.39 is 0 Å². The van der Waals surface area contributed by atoms with Gasteiger partial charge in [-0.05, 0) is 31.0 Å². The second-order valence-corrected chi connectivity index (χ2v) is 4.61. The van der Waals surface area contributed by atoms with Gasteiger partial charge in [0.2, 0.25) is 0 Å². The van der Waals surface area contributed by atoms with Gasteiger partial charge in [-0.3, -0.25) is 9.88 Å². The van der Waals surface area contributed by atoms with Gasteiger partial charge < -0.3 is 10.8 Å². The Hall–Kier alpha value is -0.970. The lowest BCUT2D eigenvalue weighted by molar-refractivity contribution is 0.0551. The molecule has 1 saturated heterocycles. The highest BCUT2D eigenvalue weighted by molar-refractivity contribution is 5.15. The van der Waals surface area contributed by atoms with Crippen LogP contribution in [0.15, 0.2) is 24.5 Å². The van der Waals surface area contributed by atoms with E-state index in [4.69, 9.17) is 5.73 Å². The van der Waals surface area contributed by atoms with Crippen LogP contribution in [-0.2, 0) is 0 Å². The van der Waals surface area contributed by atoms with E-state index in [2.05, 4.69) is 16.0 Å². The summed E-state index contributed by atoms with van der Waals surface area (Å²) in [7, 11) is 0. The first-order valence-electron chi connectivity index (χ1n) is 6.33. The Kier molecular flexibility index (Phi) is 4.48. The predicted molar refractivity (Wildman–Crippen MR) is 67.5 cm³/mol. The quantitative estimate of drug-likeness (QED) is 0.815. The van der Waals surface area contributed by atoms with Crippen molar-refractivity contribution >= 4 is 0 Å². The van der Waals surface area contributed by atoms with Gasteiger partial charge in [0.1, 0.15) is 0 Å². The molecule has 2 rings (SSSR count). The Morgan fingerprint density at radius 3 is 3.06 bits per heavy atom. The van der Waals surface area contributed by atoms with Crippen LogP contribution in [0.1, 0.15) is 30.9 Å². The third-order valence-corrected chi connectivity index (χ3v) is 3.58. The molecule has 2 heterocycles. The molecule has 0 bridgehead atoms. The Labute approximate surface area is 102 Å². The van der Waals surface area contributed by atoms with Crippen LogP contribution < -0.4 is 5.73 Å². The molecule has 0 aliphatic carbocycles. The van der Waals surface area contributed by atoms with Gasteiger partial charge in [-0.2, -0.15) is 0 Å². The zero-order valence-electron chi connectivity index (χ0n) is 10.1. The number of rotatable bonds is 4. The molecular weight excluding hydrogens is 214 g/mol. The van der Waals surface area contributed by atoms with E-state index in [0.717, 1.165) is 18.5 Å². The highest BCUT2D eigenvalue weighted by atomic mass is 16.3. The van der Waals surface area contributed by atoms with Crippen LogP contribution in [0.3, 0.4) is 0 Å². The van der Waals surface area contributed by atoms with Gasteiger partial charge in [0.25, 0.3) is 0 Å². The van der Waals surface area contributed by atoms with Crippen molar-refractivity contribution in [2.75, 3.05) is 19.7 Å². The SMILES string of the molecule is NCC(c1cccnc1)N1CCCCC1CO. The lowest BCUT2D eigenvalue weighted by atomic mass is 9.97. The number of piperidine rings is 1. The minimum atomic E-state index is 0.182. The standard InChI is InChI=1S/C13H21N3O/c14-8-13(11-4-3-6-15-9-11)16-7-2-1-5-12(16)10-17/h3-4,6,9,12-13,17H,1-2,5,7-8,10,14H2. The molecule has 1 aromatic heterocycles. The molecule has 1 aliphatic rings. The van der Waals surface area contributed by atoms with Gasteiger partial charge in [-0.25, -0.2) is 0 Å². The fraction of sp³-hybridized carbons (Fsp3) is 0.615. The summed E-state index contributed by atoms with van der Waals surface area (Å²) < 4.78 is 0. The van der Waals surface area contributed by atoms with Crippen molar-refractivity contribution in [3.05, 3.63) is 30.1 Å². The topological polar surface area (TPSA) is 62.4 Å². The zero-order chi connectivity index (χ0) is 12.1. The number of nitrogens with two attached hydrogens (primary N) is 1. The normalized spacial score (nSPS) is 23.5. The highest BCUT2D eigenvalue weighted by Gasteiger charge is 2.28. The molecule has 0 aromatic carbocycles. The second-order valence-electron chi connectivity index (χ2n) is 4.61. The predicted octanol–water partition coefficient (Wildman–Crippen LogP) is 0.928. The van der Waals surface area contributed by atoms with E-state index >= 15 is 0 Å². The van der Waals surface area contributed by atoms with E-state index in [-0.39, 0.29) is 18.7 Å². The first-order valence-corrected chi connectivity index (χ1v) is 6.33. The van der Waals surface area contributed by atoms with E-state index in [0.29, 0.717) is 6.54 Å². The maximum atomic E-state index is 9.45. The summed E-state index contributed by atoms with van der Waals surface area (Å²) in [5.41, 5.74) is 7.05. The molecule has 0 spiro atoms. The zero-order valence-corrected chi connectivity index (χ0v) is 10.1. The van der Waals surface area contributed by atoms with Crippen LogP contribution in [0.25, 0.3) is 0 Å². The molecule has 0 saturated carbocycles. The summed E-state index contributed by atoms with van der Waals surface area (Å²) in [6.07, 6.45) is 7.10. The molecule has 0 radical (unpaired) electrons. The van der Waals surface area contributed by atoms with Crippen LogP contribution in [0, 0.1) is 0 Å². The van der Waals surface area contributed by atoms with Crippen molar-refractivity contribution in [1.82, 2.24) is 9.88 Å². The summed E-state index contributed by atoms with van der Waals surface area (Å²) in [6.45, 7) is 1.81. The lowest BCUT2D eigenvalue weighted by Gasteiger charge is -2.40. The van der Waals surface area contributed by atoms with Crippen LogP contribution >= 0.6 is 0 Å². The highest BCUT2D eigenvalue weighted by Crippen LogP contribution is 2.27. The molecular formula is C13H21N3O. The van der Waals surface area contributed by atoms with E-state index in [9.17, 15) is 5.11 Å². The molecule has 1 aromatic rings. The number of aliphatic hydroxyl groups is 1. The van der Waals surface area contributed by atoms with Crippen LogP contribution in [0.5, 0.6) is 0 Å². The molecule has 1 aliphatic heterocycles. The number of nitrogens with zero attached hydrogens (tertiary/aromatic N) is 2. The minimum Gasteiger partial charge on any atom is -0.395 e. The molecule has 0 amide bonds. The maximum absolute atomic E-state index is 9.45. The van der Waals surface area contributed by atoms with Crippen molar-refractivity contribution in [3.8, 4) is 0 Å². The van der Waals surface area contributed by atoms with Crippen LogP contribution in [0.4, 0.5) is 0 Å². The Morgan fingerprint density at radius 1 is 1.53 bits per heavy atom. The number of likely N-dealkylation sites (tertiary alicyclic amines) is 1. The monoisotopic (exact) mass is 235 g/mol. The van der Waals surface area contributed by atoms with Gasteiger partial charge in [-0.15, -0.1) is 0 Å². The molecule has 1 fully saturated rings. The third kappa shape index (κ3) is 2.83. The van der Waals surface area contributed by atoms with Crippen LogP contribution in [-0.4, -0.2) is 40.7 Å². The first-order chi connectivity index (χ1) is 8.36. The summed E-state index contributed by atoms with van der Waals surface area (Å²) in [5.74, 6) is 0. The summed E-state index contributed by atoms with van der Waals surface area (Å²) in [6, 6.07) is 4.43. The van der Waals surface area contributed by atoms with E-state index in [1.165, 1.54) is 12.8 Å². The largest absolute Gasteiger partial charge is 0.395 e. The van der Waals surface area contributed by atoms with Gasteiger partial charge in [-0.1, -0.05) is 12.5 Å². The smallest absolute Gasteiger partial charge is 0.0587 e. The summed E-state index contributed by atoms with van der Waals surface area (Å²) in [5, 5.41) is 9.45. The molecule has 4 nitrogen and oxygen atoms in total. The maximum Gasteiger partial charge on any atom is 0.0587 e. The third-order valence-electron chi connectivity index (χ3n) is 3.58. The fourth-order valence-electron chi connectivity index (χ4n) is 2.67. The summed E-state index contributed by atoms with van der Waals surface area (Å²) >= 11 is 0. The molecule has 2 atom stereocenters. The number of aliphatic hydroxyl groups excluding tert-OH is 1. The van der Waals surface area contributed by atoms with Crippen molar-refractivity contribution in [2.45, 2.75) is 31.3 Å². The average molecular weight is 235 g/mol. The Balaban J connectivity index is 2.16. The number of aromatic nitrogens is 1. The van der Waals surface area contributed by atoms with Gasteiger partial charge >= 0.3 is 0 Å². The summed E-state index contributed by atoms with van der Waals surface area (Å²) in [4.78, 5) is 6.49. The molecule has 4 heteroatoms. The van der Waals surface area contributed by atoms with Crippen molar-refractivity contribution in [3.63, 3.8) is 0 Å². The second kappa shape index (κ2) is 6.10. The minimum absolute atomic E-state index is 0.182. The van der Waals surface area contributed by atoms with Crippen LogP contribution in [0.2, 0.25) is 0 Å². The molecule has 17 heavy (non-hydrogen) atoms. The van der Waals surface area contributed by atoms with Gasteiger partial charge in [0.15, 0.2) is 0 Å². The first kappa shape index (κ1) is 12.5. The Morgan fingerprint density at radius 2 is 2.41 bits per heavy atom. The molecule has 2 unspecified atom stereocenters. The molecule has 3 N–H and O–H groups in total. The van der Waals surface area contributed by atoms with E-state index in [1.54, 1.807) is 6.20 Å². The Bertz CT molecular complexity index is 331. The van der Waals surface area contributed by atoms with Gasteiger partial charge in [0.05, 0.1) is 6.61 Å². The fourth-order valence-corrected chi connectivity index (χ4v) is 2.67. The van der Waals surface area contributed by atoms with Crippen molar-refractivity contribution in [2.24, 2.45) is 5.73 Å². The average Bonchev–Trinajstić information content (AvgIpc) is 2.41. The number of hydrogen-bond donors (Lipinski definition) is 2. The van der Waals surface area contributed by atoms with Crippen molar-refractivity contribution < 1.29 is 5.11 Å². The van der Waals surface area contributed by atoms with Gasteiger partial charge in [0, 0.05) is 31.0 Å². The molecule has 94 valence electrons. The number of hydrogen-bond acceptors (Lipinski definition) is 4. The number of pyridine rings is 1. The lowest BCUT2D eigenvalue weighted by Crippen LogP contribution is -2.46. The van der Waals surface area contributed by atoms with E-state index in [1.807, 2.05) is 12.3 Å². The van der Waals surface area contributed by atoms with Crippen molar-refractivity contribution in [1.29, 1.82) is 0 Å².